The van der Waals surface area contributed by atoms with E-state index in [1.54, 1.807) is 31.1 Å². The number of benzene rings is 2. The molecule has 184 valence electrons. The zero-order chi connectivity index (χ0) is 24.6. The summed E-state index contributed by atoms with van der Waals surface area (Å²) >= 11 is 0. The standard InChI is InChI=1S/C27H36N2O5/c1-4-5-18-34-24-12-8-22(9-13-24)28-26(31)20(2)27(32)14-16-29(17-15-27)25(30)19-21-6-10-23(33-3)11-7-21/h6-13,20,32H,4-5,14-19H2,1-3H3,(H,28,31). The minimum atomic E-state index is -1.15. The van der Waals surface area contributed by atoms with E-state index in [0.717, 1.165) is 29.9 Å². The number of carbonyl (C=O) groups excluding carboxylic acids is 2. The lowest BCUT2D eigenvalue weighted by Crippen LogP contribution is -2.52. The van der Waals surface area contributed by atoms with Crippen molar-refractivity contribution >= 4 is 17.5 Å². The zero-order valence-corrected chi connectivity index (χ0v) is 20.4. The van der Waals surface area contributed by atoms with Crippen LogP contribution >= 0.6 is 0 Å². The summed E-state index contributed by atoms with van der Waals surface area (Å²) in [7, 11) is 1.61. The van der Waals surface area contributed by atoms with Gasteiger partial charge in [0.1, 0.15) is 11.5 Å². The maximum atomic E-state index is 12.8. The highest BCUT2D eigenvalue weighted by molar-refractivity contribution is 5.93. The molecule has 0 radical (unpaired) electrons. The maximum Gasteiger partial charge on any atom is 0.230 e. The van der Waals surface area contributed by atoms with Gasteiger partial charge in [-0.1, -0.05) is 32.4 Å². The average molecular weight is 469 g/mol. The number of methoxy groups -OCH3 is 1. The van der Waals surface area contributed by atoms with Gasteiger partial charge in [0.15, 0.2) is 0 Å². The number of amides is 2. The van der Waals surface area contributed by atoms with Gasteiger partial charge in [0.2, 0.25) is 11.8 Å². The molecule has 2 aromatic carbocycles. The van der Waals surface area contributed by atoms with Gasteiger partial charge >= 0.3 is 0 Å². The Morgan fingerprint density at radius 2 is 1.68 bits per heavy atom. The van der Waals surface area contributed by atoms with Crippen LogP contribution in [-0.2, 0) is 16.0 Å². The lowest BCUT2D eigenvalue weighted by molar-refractivity contribution is -0.140. The van der Waals surface area contributed by atoms with Crippen LogP contribution in [0.15, 0.2) is 48.5 Å². The number of carbonyl (C=O) groups is 2. The lowest BCUT2D eigenvalue weighted by atomic mass is 9.80. The second kappa shape index (κ2) is 11.9. The van der Waals surface area contributed by atoms with E-state index in [2.05, 4.69) is 12.2 Å². The monoisotopic (exact) mass is 468 g/mol. The number of unbranched alkanes of at least 4 members (excludes halogenated alkanes) is 1. The molecule has 1 aliphatic heterocycles. The summed E-state index contributed by atoms with van der Waals surface area (Å²) < 4.78 is 10.8. The van der Waals surface area contributed by atoms with Crippen molar-refractivity contribution in [2.75, 3.05) is 32.1 Å². The Labute approximate surface area is 202 Å². The number of rotatable bonds is 10. The van der Waals surface area contributed by atoms with Crippen LogP contribution < -0.4 is 14.8 Å². The van der Waals surface area contributed by atoms with Crippen molar-refractivity contribution in [1.29, 1.82) is 0 Å². The largest absolute Gasteiger partial charge is 0.497 e. The van der Waals surface area contributed by atoms with Gasteiger partial charge < -0.3 is 24.8 Å². The molecule has 1 saturated heterocycles. The molecule has 1 aliphatic rings. The number of aliphatic hydroxyl groups is 1. The average Bonchev–Trinajstić information content (AvgIpc) is 2.85. The fraction of sp³-hybridized carbons (Fsp3) is 0.481. The third-order valence-corrected chi connectivity index (χ3v) is 6.58. The highest BCUT2D eigenvalue weighted by Crippen LogP contribution is 2.31. The van der Waals surface area contributed by atoms with Crippen molar-refractivity contribution in [2.45, 2.75) is 51.6 Å². The van der Waals surface area contributed by atoms with E-state index in [0.29, 0.717) is 44.6 Å². The van der Waals surface area contributed by atoms with Gasteiger partial charge in [-0.3, -0.25) is 9.59 Å². The molecule has 0 aliphatic carbocycles. The third kappa shape index (κ3) is 6.73. The van der Waals surface area contributed by atoms with Gasteiger partial charge in [0.25, 0.3) is 0 Å². The third-order valence-electron chi connectivity index (χ3n) is 6.58. The van der Waals surface area contributed by atoms with Crippen LogP contribution in [0.1, 0.15) is 45.1 Å². The molecule has 1 atom stereocenters. The molecule has 7 heteroatoms. The van der Waals surface area contributed by atoms with E-state index in [1.165, 1.54) is 0 Å². The van der Waals surface area contributed by atoms with Crippen LogP contribution in [0.2, 0.25) is 0 Å². The predicted octanol–water partition coefficient (Wildman–Crippen LogP) is 4.04. The summed E-state index contributed by atoms with van der Waals surface area (Å²) in [5, 5.41) is 14.1. The van der Waals surface area contributed by atoms with Crippen LogP contribution in [0.5, 0.6) is 11.5 Å². The van der Waals surface area contributed by atoms with Crippen LogP contribution in [0.25, 0.3) is 0 Å². The van der Waals surface area contributed by atoms with Crippen molar-refractivity contribution in [1.82, 2.24) is 4.90 Å². The van der Waals surface area contributed by atoms with Crippen molar-refractivity contribution in [3.05, 3.63) is 54.1 Å². The fourth-order valence-electron chi connectivity index (χ4n) is 4.07. The molecule has 7 nitrogen and oxygen atoms in total. The second-order valence-corrected chi connectivity index (χ2v) is 8.95. The molecule has 1 heterocycles. The molecule has 1 fully saturated rings. The van der Waals surface area contributed by atoms with Gasteiger partial charge in [-0.25, -0.2) is 0 Å². The van der Waals surface area contributed by atoms with E-state index >= 15 is 0 Å². The summed E-state index contributed by atoms with van der Waals surface area (Å²) in [6.07, 6.45) is 3.10. The molecule has 0 aromatic heterocycles. The molecule has 0 spiro atoms. The number of likely N-dealkylation sites (tertiary alicyclic amines) is 1. The summed E-state index contributed by atoms with van der Waals surface area (Å²) in [6.45, 7) is 5.37. The molecule has 0 bridgehead atoms. The van der Waals surface area contributed by atoms with E-state index in [9.17, 15) is 14.7 Å². The number of nitrogens with zero attached hydrogens (tertiary/aromatic N) is 1. The highest BCUT2D eigenvalue weighted by atomic mass is 16.5. The lowest BCUT2D eigenvalue weighted by Gasteiger charge is -2.41. The van der Waals surface area contributed by atoms with Crippen LogP contribution in [0.3, 0.4) is 0 Å². The normalized spacial score (nSPS) is 15.9. The number of anilines is 1. The first-order chi connectivity index (χ1) is 16.3. The van der Waals surface area contributed by atoms with E-state index in [-0.39, 0.29) is 11.8 Å². The quantitative estimate of drug-likeness (QED) is 0.514. The molecule has 0 saturated carbocycles. The number of nitrogens with one attached hydrogen (secondary N) is 1. The van der Waals surface area contributed by atoms with Gasteiger partial charge in [-0.15, -0.1) is 0 Å². The van der Waals surface area contributed by atoms with Crippen LogP contribution in [0, 0.1) is 5.92 Å². The Hall–Kier alpha value is -3.06. The maximum absolute atomic E-state index is 12.8. The van der Waals surface area contributed by atoms with E-state index in [1.807, 2.05) is 36.4 Å². The van der Waals surface area contributed by atoms with Gasteiger partial charge in [0.05, 0.1) is 31.7 Å². The molecule has 2 aromatic rings. The number of hydrogen-bond donors (Lipinski definition) is 2. The summed E-state index contributed by atoms with van der Waals surface area (Å²) in [6, 6.07) is 14.7. The topological polar surface area (TPSA) is 88.1 Å². The molecule has 2 amide bonds. The van der Waals surface area contributed by atoms with Gasteiger partial charge in [-0.2, -0.15) is 0 Å². The number of piperidine rings is 1. The molecule has 1 unspecified atom stereocenters. The fourth-order valence-corrected chi connectivity index (χ4v) is 4.07. The first kappa shape index (κ1) is 25.6. The Bertz CT molecular complexity index is 934. The molecular weight excluding hydrogens is 432 g/mol. The Kier molecular flexibility index (Phi) is 8.93. The number of hydrogen-bond acceptors (Lipinski definition) is 5. The van der Waals surface area contributed by atoms with Crippen molar-refractivity contribution in [3.63, 3.8) is 0 Å². The van der Waals surface area contributed by atoms with Crippen molar-refractivity contribution < 1.29 is 24.2 Å². The van der Waals surface area contributed by atoms with Gasteiger partial charge in [0, 0.05) is 18.8 Å². The van der Waals surface area contributed by atoms with E-state index < -0.39 is 11.5 Å². The van der Waals surface area contributed by atoms with Crippen LogP contribution in [-0.4, -0.2) is 54.2 Å². The van der Waals surface area contributed by atoms with Crippen LogP contribution in [0.4, 0.5) is 5.69 Å². The molecular formula is C27H36N2O5. The van der Waals surface area contributed by atoms with Crippen molar-refractivity contribution in [3.8, 4) is 11.5 Å². The smallest absolute Gasteiger partial charge is 0.230 e. The Morgan fingerprint density at radius 1 is 1.06 bits per heavy atom. The molecule has 2 N–H and O–H groups in total. The SMILES string of the molecule is CCCCOc1ccc(NC(=O)C(C)C2(O)CCN(C(=O)Cc3ccc(OC)cc3)CC2)cc1. The Morgan fingerprint density at radius 3 is 2.26 bits per heavy atom. The minimum Gasteiger partial charge on any atom is -0.497 e. The Balaban J connectivity index is 1.49. The first-order valence-corrected chi connectivity index (χ1v) is 12.0. The summed E-state index contributed by atoms with van der Waals surface area (Å²) in [5.74, 6) is 0.699. The molecule has 3 rings (SSSR count). The minimum absolute atomic E-state index is 0.0190. The second-order valence-electron chi connectivity index (χ2n) is 8.95. The highest BCUT2D eigenvalue weighted by Gasteiger charge is 2.41. The first-order valence-electron chi connectivity index (χ1n) is 12.0. The summed E-state index contributed by atoms with van der Waals surface area (Å²) in [4.78, 5) is 27.3. The zero-order valence-electron chi connectivity index (χ0n) is 20.4. The van der Waals surface area contributed by atoms with Crippen molar-refractivity contribution in [2.24, 2.45) is 5.92 Å². The summed E-state index contributed by atoms with van der Waals surface area (Å²) in [5.41, 5.74) is 0.432. The number of ether oxygens (including phenoxy) is 2. The van der Waals surface area contributed by atoms with E-state index in [4.69, 9.17) is 9.47 Å². The predicted molar refractivity (Wildman–Crippen MR) is 132 cm³/mol. The molecule has 34 heavy (non-hydrogen) atoms. The van der Waals surface area contributed by atoms with Gasteiger partial charge in [-0.05, 0) is 61.2 Å².